The number of anilines is 1. The summed E-state index contributed by atoms with van der Waals surface area (Å²) >= 11 is 7.69. The lowest BCUT2D eigenvalue weighted by Crippen LogP contribution is -2.52. The molecule has 0 radical (unpaired) electrons. The fourth-order valence-electron chi connectivity index (χ4n) is 4.65. The van der Waals surface area contributed by atoms with Crippen molar-refractivity contribution >= 4 is 40.1 Å². The predicted molar refractivity (Wildman–Crippen MR) is 149 cm³/mol. The Morgan fingerprint density at radius 2 is 1.49 bits per heavy atom. The number of aromatic nitrogens is 1. The number of benzene rings is 3. The number of carboxylic acid groups (broad SMARTS) is 1. The van der Waals surface area contributed by atoms with Gasteiger partial charge in [-0.15, -0.1) is 0 Å². The van der Waals surface area contributed by atoms with Crippen molar-refractivity contribution in [3.05, 3.63) is 106 Å². The van der Waals surface area contributed by atoms with Crippen LogP contribution in [0.1, 0.15) is 37.3 Å². The van der Waals surface area contributed by atoms with Crippen molar-refractivity contribution in [3.63, 3.8) is 0 Å². The third kappa shape index (κ3) is 5.84. The smallest absolute Gasteiger partial charge is 0.324 e. The highest BCUT2D eigenvalue weighted by atomic mass is 35.5. The minimum atomic E-state index is -0.902. The van der Waals surface area contributed by atoms with Crippen molar-refractivity contribution < 1.29 is 14.7 Å². The molecule has 0 atom stereocenters. The van der Waals surface area contributed by atoms with Gasteiger partial charge < -0.3 is 10.0 Å². The van der Waals surface area contributed by atoms with Gasteiger partial charge in [-0.3, -0.25) is 10.1 Å². The molecule has 0 bridgehead atoms. The van der Waals surface area contributed by atoms with E-state index in [1.165, 1.54) is 11.3 Å². The molecule has 0 saturated heterocycles. The summed E-state index contributed by atoms with van der Waals surface area (Å²) < 4.78 is 0.479. The number of amides is 2. The predicted octanol–water partition coefficient (Wildman–Crippen LogP) is 7.52. The van der Waals surface area contributed by atoms with Crippen LogP contribution in [0.3, 0.4) is 0 Å². The first kappa shape index (κ1) is 26.4. The van der Waals surface area contributed by atoms with Gasteiger partial charge >= 0.3 is 12.0 Å². The zero-order valence-corrected chi connectivity index (χ0v) is 22.0. The van der Waals surface area contributed by atoms with Crippen LogP contribution in [0.2, 0.25) is 4.34 Å². The Hall–Kier alpha value is -3.68. The van der Waals surface area contributed by atoms with Crippen molar-refractivity contribution in [2.24, 2.45) is 0 Å². The number of carbonyl (C=O) groups is 2. The molecule has 4 rings (SSSR count). The van der Waals surface area contributed by atoms with Gasteiger partial charge in [0.15, 0.2) is 5.13 Å². The minimum absolute atomic E-state index is 0.0472. The number of nitrogens with zero attached hydrogens (tertiary/aromatic N) is 2. The Morgan fingerprint density at radius 3 is 2.00 bits per heavy atom. The molecule has 1 heterocycles. The average molecular weight is 534 g/mol. The molecule has 2 amide bonds. The minimum Gasteiger partial charge on any atom is -0.481 e. The normalized spacial score (nSPS) is 11.2. The van der Waals surface area contributed by atoms with E-state index in [-0.39, 0.29) is 19.0 Å². The highest BCUT2D eigenvalue weighted by Crippen LogP contribution is 2.41. The molecular formula is C29H28ClN3O3S. The molecule has 0 aliphatic rings. The van der Waals surface area contributed by atoms with E-state index in [0.717, 1.165) is 16.7 Å². The first-order valence-electron chi connectivity index (χ1n) is 12.1. The molecule has 190 valence electrons. The van der Waals surface area contributed by atoms with Gasteiger partial charge in [0.05, 0.1) is 5.54 Å². The van der Waals surface area contributed by atoms with Gasteiger partial charge in [0.2, 0.25) is 0 Å². The van der Waals surface area contributed by atoms with Crippen LogP contribution in [0.15, 0.2) is 91.0 Å². The standard InChI is InChI=1S/C29H28ClN3O3S/c1-2-29(22-15-8-4-9-16-22,23-17-10-5-11-18-23)33(20-12-19-24(34)35)28(36)32-27-31-25(26(30)37-27)21-13-6-3-7-14-21/h3-11,13-18H,2,12,19-20H2,1H3,(H,34,35)(H,31,32,36). The molecule has 6 nitrogen and oxygen atoms in total. The maximum atomic E-state index is 14.0. The number of halogens is 1. The summed E-state index contributed by atoms with van der Waals surface area (Å²) in [6.07, 6.45) is 0.835. The Bertz CT molecular complexity index is 1290. The van der Waals surface area contributed by atoms with Crippen LogP contribution < -0.4 is 5.32 Å². The number of carbonyl (C=O) groups excluding carboxylic acids is 1. The average Bonchev–Trinajstić information content (AvgIpc) is 3.29. The SMILES string of the molecule is CCC(c1ccccc1)(c1ccccc1)N(CCCC(=O)O)C(=O)Nc1nc(-c2ccccc2)c(Cl)s1. The number of aliphatic carboxylic acids is 1. The van der Waals surface area contributed by atoms with Gasteiger partial charge in [-0.1, -0.05) is 121 Å². The zero-order valence-electron chi connectivity index (χ0n) is 20.4. The van der Waals surface area contributed by atoms with Crippen LogP contribution in [-0.4, -0.2) is 33.5 Å². The number of urea groups is 1. The van der Waals surface area contributed by atoms with Crippen LogP contribution in [0, 0.1) is 0 Å². The van der Waals surface area contributed by atoms with Crippen LogP contribution in [0.5, 0.6) is 0 Å². The Labute approximate surface area is 225 Å². The maximum Gasteiger partial charge on any atom is 0.324 e. The van der Waals surface area contributed by atoms with E-state index in [1.807, 2.05) is 97.9 Å². The molecule has 0 saturated carbocycles. The second-order valence-electron chi connectivity index (χ2n) is 8.53. The summed E-state index contributed by atoms with van der Waals surface area (Å²) in [6, 6.07) is 28.9. The van der Waals surface area contributed by atoms with E-state index >= 15 is 0 Å². The van der Waals surface area contributed by atoms with Crippen LogP contribution in [0.4, 0.5) is 9.93 Å². The van der Waals surface area contributed by atoms with Crippen LogP contribution >= 0.6 is 22.9 Å². The lowest BCUT2D eigenvalue weighted by Gasteiger charge is -2.44. The highest BCUT2D eigenvalue weighted by molar-refractivity contribution is 7.20. The van der Waals surface area contributed by atoms with E-state index in [4.69, 9.17) is 11.6 Å². The third-order valence-electron chi connectivity index (χ3n) is 6.34. The lowest BCUT2D eigenvalue weighted by molar-refractivity contribution is -0.137. The van der Waals surface area contributed by atoms with E-state index in [1.54, 1.807) is 4.90 Å². The molecule has 0 fully saturated rings. The molecule has 0 unspecified atom stereocenters. The molecule has 3 aromatic carbocycles. The molecule has 4 aromatic rings. The number of carboxylic acids is 1. The van der Waals surface area contributed by atoms with Gasteiger partial charge in [0.1, 0.15) is 10.0 Å². The summed E-state index contributed by atoms with van der Waals surface area (Å²) in [7, 11) is 0. The van der Waals surface area contributed by atoms with Gasteiger partial charge in [0.25, 0.3) is 0 Å². The Balaban J connectivity index is 1.75. The largest absolute Gasteiger partial charge is 0.481 e. The zero-order chi connectivity index (χ0) is 26.3. The van der Waals surface area contributed by atoms with Gasteiger partial charge in [-0.2, -0.15) is 0 Å². The molecule has 0 aliphatic carbocycles. The Morgan fingerprint density at radius 1 is 0.946 bits per heavy atom. The quantitative estimate of drug-likeness (QED) is 0.221. The van der Waals surface area contributed by atoms with E-state index in [0.29, 0.717) is 28.0 Å². The summed E-state index contributed by atoms with van der Waals surface area (Å²) in [5, 5.41) is 12.6. The number of thiazole rings is 1. The lowest BCUT2D eigenvalue weighted by atomic mass is 9.79. The van der Waals surface area contributed by atoms with Crippen molar-refractivity contribution in [3.8, 4) is 11.3 Å². The third-order valence-corrected chi connectivity index (χ3v) is 7.51. The molecule has 37 heavy (non-hydrogen) atoms. The maximum absolute atomic E-state index is 14.0. The fraction of sp³-hybridized carbons (Fsp3) is 0.207. The van der Waals surface area contributed by atoms with Crippen molar-refractivity contribution in [1.82, 2.24) is 9.88 Å². The second-order valence-corrected chi connectivity index (χ2v) is 10.1. The van der Waals surface area contributed by atoms with E-state index < -0.39 is 11.5 Å². The molecule has 0 aliphatic heterocycles. The summed E-state index contributed by atoms with van der Waals surface area (Å²) in [6.45, 7) is 2.27. The summed E-state index contributed by atoms with van der Waals surface area (Å²) in [5.41, 5.74) is 2.52. The summed E-state index contributed by atoms with van der Waals surface area (Å²) in [4.78, 5) is 31.7. The van der Waals surface area contributed by atoms with Crippen molar-refractivity contribution in [2.75, 3.05) is 11.9 Å². The van der Waals surface area contributed by atoms with Crippen LogP contribution in [-0.2, 0) is 10.3 Å². The van der Waals surface area contributed by atoms with Gasteiger partial charge in [-0.25, -0.2) is 9.78 Å². The fourth-order valence-corrected chi connectivity index (χ4v) is 5.72. The first-order chi connectivity index (χ1) is 18.0. The van der Waals surface area contributed by atoms with Crippen molar-refractivity contribution in [1.29, 1.82) is 0 Å². The number of hydrogen-bond donors (Lipinski definition) is 2. The number of nitrogens with one attached hydrogen (secondary N) is 1. The summed E-state index contributed by atoms with van der Waals surface area (Å²) in [5.74, 6) is -0.902. The van der Waals surface area contributed by atoms with E-state index in [2.05, 4.69) is 10.3 Å². The monoisotopic (exact) mass is 533 g/mol. The van der Waals surface area contributed by atoms with E-state index in [9.17, 15) is 14.7 Å². The first-order valence-corrected chi connectivity index (χ1v) is 13.3. The molecular weight excluding hydrogens is 506 g/mol. The van der Waals surface area contributed by atoms with Crippen molar-refractivity contribution in [2.45, 2.75) is 31.7 Å². The van der Waals surface area contributed by atoms with Crippen LogP contribution in [0.25, 0.3) is 11.3 Å². The molecule has 2 N–H and O–H groups in total. The topological polar surface area (TPSA) is 82.5 Å². The number of rotatable bonds is 10. The molecule has 1 aromatic heterocycles. The highest BCUT2D eigenvalue weighted by Gasteiger charge is 2.41. The van der Waals surface area contributed by atoms with Gasteiger partial charge in [-0.05, 0) is 24.0 Å². The Kier molecular flexibility index (Phi) is 8.58. The van der Waals surface area contributed by atoms with Gasteiger partial charge in [0, 0.05) is 18.5 Å². The second kappa shape index (κ2) is 12.0. The molecule has 0 spiro atoms. The number of hydrogen-bond acceptors (Lipinski definition) is 4. The molecule has 8 heteroatoms.